The predicted octanol–water partition coefficient (Wildman–Crippen LogP) is 7.00. The Hall–Kier alpha value is -1.42. The van der Waals surface area contributed by atoms with Crippen molar-refractivity contribution in [1.29, 1.82) is 10.5 Å². The molecule has 0 heterocycles. The van der Waals surface area contributed by atoms with Crippen molar-refractivity contribution in [2.24, 2.45) is 0 Å². The van der Waals surface area contributed by atoms with Gasteiger partial charge in [0.15, 0.2) is 0 Å². The molecule has 3 rings (SSSR count). The molecule has 1 fully saturated rings. The first-order valence-electron chi connectivity index (χ1n) is 7.61. The summed E-state index contributed by atoms with van der Waals surface area (Å²) in [5, 5.41) is 19.6. The van der Waals surface area contributed by atoms with E-state index in [0.29, 0.717) is 26.5 Å². The van der Waals surface area contributed by atoms with E-state index < -0.39 is 0 Å². The lowest BCUT2D eigenvalue weighted by Crippen LogP contribution is -2.32. The molecule has 2 aromatic rings. The van der Waals surface area contributed by atoms with E-state index in [1.807, 2.05) is 18.2 Å². The maximum atomic E-state index is 9.15. The van der Waals surface area contributed by atoms with Crippen LogP contribution >= 0.6 is 46.4 Å². The molecular formula is C19H14Cl4N2. The van der Waals surface area contributed by atoms with Crippen LogP contribution in [0, 0.1) is 22.7 Å². The third-order valence-corrected chi connectivity index (χ3v) is 5.87. The Balaban J connectivity index is 0.000000186. The van der Waals surface area contributed by atoms with Crippen LogP contribution in [0.3, 0.4) is 0 Å². The third kappa shape index (κ3) is 4.41. The summed E-state index contributed by atoms with van der Waals surface area (Å²) in [6.45, 7) is 0. The first-order chi connectivity index (χ1) is 11.9. The van der Waals surface area contributed by atoms with Crippen molar-refractivity contribution in [3.63, 3.8) is 0 Å². The molecule has 1 aliphatic carbocycles. The highest BCUT2D eigenvalue weighted by Gasteiger charge is 2.40. The summed E-state index contributed by atoms with van der Waals surface area (Å²) in [5.41, 5.74) is 1.30. The van der Waals surface area contributed by atoms with Crippen LogP contribution in [0.2, 0.25) is 20.1 Å². The van der Waals surface area contributed by atoms with Gasteiger partial charge in [-0.25, -0.2) is 0 Å². The topological polar surface area (TPSA) is 47.6 Å². The summed E-state index contributed by atoms with van der Waals surface area (Å²) in [6, 6.07) is 15.1. The summed E-state index contributed by atoms with van der Waals surface area (Å²) in [5.74, 6) is 0. The monoisotopic (exact) mass is 410 g/mol. The van der Waals surface area contributed by atoms with Gasteiger partial charge in [0.05, 0.1) is 44.1 Å². The highest BCUT2D eigenvalue weighted by Crippen LogP contribution is 2.46. The predicted molar refractivity (Wildman–Crippen MR) is 103 cm³/mol. The van der Waals surface area contributed by atoms with Crippen LogP contribution in [0.25, 0.3) is 0 Å². The zero-order valence-electron chi connectivity index (χ0n) is 13.2. The van der Waals surface area contributed by atoms with Crippen molar-refractivity contribution in [3.05, 3.63) is 67.6 Å². The smallest absolute Gasteiger partial charge is 0.0837 e. The number of halogens is 4. The van der Waals surface area contributed by atoms with E-state index in [1.54, 1.807) is 24.3 Å². The van der Waals surface area contributed by atoms with Crippen LogP contribution < -0.4 is 0 Å². The van der Waals surface area contributed by atoms with Crippen LogP contribution in [-0.4, -0.2) is 0 Å². The van der Waals surface area contributed by atoms with Gasteiger partial charge in [-0.05, 0) is 42.5 Å². The molecule has 128 valence electrons. The molecule has 0 aromatic heterocycles. The number of benzene rings is 2. The van der Waals surface area contributed by atoms with Crippen LogP contribution in [0.4, 0.5) is 0 Å². The van der Waals surface area contributed by atoms with Gasteiger partial charge in [0.25, 0.3) is 0 Å². The van der Waals surface area contributed by atoms with E-state index in [1.165, 1.54) is 0 Å². The Morgan fingerprint density at radius 2 is 1.48 bits per heavy atom. The molecule has 0 saturated heterocycles. The van der Waals surface area contributed by atoms with Gasteiger partial charge in [-0.15, -0.1) is 0 Å². The molecule has 2 aromatic carbocycles. The molecule has 0 bridgehead atoms. The Kier molecular flexibility index (Phi) is 7.00. The first kappa shape index (κ1) is 19.9. The Bertz CT molecular complexity index is 845. The number of nitriles is 2. The molecule has 2 nitrogen and oxygen atoms in total. The Labute approximate surface area is 167 Å². The zero-order chi connectivity index (χ0) is 18.4. The number of rotatable bonds is 2. The van der Waals surface area contributed by atoms with Gasteiger partial charge < -0.3 is 0 Å². The fourth-order valence-corrected chi connectivity index (χ4v) is 3.48. The fourth-order valence-electron chi connectivity index (χ4n) is 2.62. The van der Waals surface area contributed by atoms with Gasteiger partial charge in [0, 0.05) is 0 Å². The fraction of sp³-hybridized carbons (Fsp3) is 0.263. The average molecular weight is 412 g/mol. The van der Waals surface area contributed by atoms with Crippen molar-refractivity contribution in [3.8, 4) is 12.1 Å². The van der Waals surface area contributed by atoms with Crippen molar-refractivity contribution in [1.82, 2.24) is 0 Å². The summed E-state index contributed by atoms with van der Waals surface area (Å²) in [6.07, 6.45) is 3.18. The standard InChI is InChI=1S/C11H9Cl2N.C8H5Cl2N/c12-9-4-1-3-8(10(9)13)11(7-14)5-2-6-11;9-7-3-1-2-6(4-5-11)8(7)10/h1,3-4H,2,5-6H2;1-3H,4H2. The normalized spacial score (nSPS) is 14.3. The first-order valence-corrected chi connectivity index (χ1v) is 9.12. The molecule has 1 aliphatic rings. The van der Waals surface area contributed by atoms with Gasteiger partial charge in [-0.1, -0.05) is 70.7 Å². The maximum absolute atomic E-state index is 9.15. The van der Waals surface area contributed by atoms with Crippen LogP contribution in [0.1, 0.15) is 30.4 Å². The van der Waals surface area contributed by atoms with E-state index in [-0.39, 0.29) is 5.41 Å². The molecule has 0 unspecified atom stereocenters. The number of nitrogens with zero attached hydrogens (tertiary/aromatic N) is 2. The molecule has 25 heavy (non-hydrogen) atoms. The average Bonchev–Trinajstić information content (AvgIpc) is 2.56. The Morgan fingerprint density at radius 1 is 0.880 bits per heavy atom. The largest absolute Gasteiger partial charge is 0.198 e. The molecule has 0 atom stereocenters. The SMILES string of the molecule is N#CC1(c2cccc(Cl)c2Cl)CCC1.N#CCc1cccc(Cl)c1Cl. The van der Waals surface area contributed by atoms with E-state index in [2.05, 4.69) is 6.07 Å². The highest BCUT2D eigenvalue weighted by atomic mass is 35.5. The number of hydrogen-bond donors (Lipinski definition) is 0. The zero-order valence-corrected chi connectivity index (χ0v) is 16.2. The second-order valence-corrected chi connectivity index (χ2v) is 7.27. The maximum Gasteiger partial charge on any atom is 0.0837 e. The molecule has 1 saturated carbocycles. The van der Waals surface area contributed by atoms with Gasteiger partial charge in [-0.2, -0.15) is 10.5 Å². The van der Waals surface area contributed by atoms with E-state index in [0.717, 1.165) is 30.4 Å². The molecule has 0 radical (unpaired) electrons. The van der Waals surface area contributed by atoms with Crippen LogP contribution in [0.15, 0.2) is 36.4 Å². The van der Waals surface area contributed by atoms with Crippen molar-refractivity contribution < 1.29 is 0 Å². The lowest BCUT2D eigenvalue weighted by Gasteiger charge is -2.36. The lowest BCUT2D eigenvalue weighted by atomic mass is 9.65. The number of hydrogen-bond acceptors (Lipinski definition) is 2. The Morgan fingerprint density at radius 3 is 2.00 bits per heavy atom. The summed E-state index contributed by atoms with van der Waals surface area (Å²) in [4.78, 5) is 0. The minimum atomic E-state index is -0.373. The van der Waals surface area contributed by atoms with Crippen LogP contribution in [0.5, 0.6) is 0 Å². The van der Waals surface area contributed by atoms with Gasteiger partial charge >= 0.3 is 0 Å². The van der Waals surface area contributed by atoms with E-state index >= 15 is 0 Å². The lowest BCUT2D eigenvalue weighted by molar-refractivity contribution is 0.324. The quantitative estimate of drug-likeness (QED) is 0.533. The highest BCUT2D eigenvalue weighted by molar-refractivity contribution is 6.43. The molecule has 0 N–H and O–H groups in total. The second kappa shape index (κ2) is 8.79. The van der Waals surface area contributed by atoms with E-state index in [9.17, 15) is 0 Å². The molecular weight excluding hydrogens is 398 g/mol. The third-order valence-electron chi connectivity index (χ3n) is 4.19. The minimum Gasteiger partial charge on any atom is -0.198 e. The van der Waals surface area contributed by atoms with Crippen LogP contribution in [-0.2, 0) is 11.8 Å². The summed E-state index contributed by atoms with van der Waals surface area (Å²) >= 11 is 23.5. The molecule has 6 heteroatoms. The molecule has 0 aliphatic heterocycles. The second-order valence-electron chi connectivity index (χ2n) is 5.70. The molecule has 0 spiro atoms. The van der Waals surface area contributed by atoms with Gasteiger partial charge in [-0.3, -0.25) is 0 Å². The van der Waals surface area contributed by atoms with Crippen molar-refractivity contribution in [2.45, 2.75) is 31.1 Å². The van der Waals surface area contributed by atoms with Gasteiger partial charge in [0.2, 0.25) is 0 Å². The van der Waals surface area contributed by atoms with Gasteiger partial charge in [0.1, 0.15) is 0 Å². The van der Waals surface area contributed by atoms with Crippen molar-refractivity contribution in [2.75, 3.05) is 0 Å². The molecule has 0 amide bonds. The van der Waals surface area contributed by atoms with E-state index in [4.69, 9.17) is 56.9 Å². The summed E-state index contributed by atoms with van der Waals surface area (Å²) < 4.78 is 0. The minimum absolute atomic E-state index is 0.305. The van der Waals surface area contributed by atoms with Crippen molar-refractivity contribution >= 4 is 46.4 Å². The summed E-state index contributed by atoms with van der Waals surface area (Å²) in [7, 11) is 0.